The van der Waals surface area contributed by atoms with Crippen molar-refractivity contribution in [1.82, 2.24) is 0 Å². The monoisotopic (exact) mass is 333 g/mol. The second kappa shape index (κ2) is 5.22. The molecule has 8 heteroatoms. The van der Waals surface area contributed by atoms with Gasteiger partial charge in [0.1, 0.15) is 12.2 Å². The highest BCUT2D eigenvalue weighted by molar-refractivity contribution is 9.10. The lowest BCUT2D eigenvalue weighted by atomic mass is 10.3. The van der Waals surface area contributed by atoms with Crippen LogP contribution in [0.4, 0.5) is 23.2 Å². The van der Waals surface area contributed by atoms with Crippen LogP contribution in [0.5, 0.6) is 0 Å². The number of anilines is 1. The Balaban J connectivity index is 2.86. The molecule has 1 rings (SSSR count). The van der Waals surface area contributed by atoms with E-state index in [4.69, 9.17) is 11.6 Å². The van der Waals surface area contributed by atoms with Crippen molar-refractivity contribution in [3.8, 4) is 0 Å². The highest BCUT2D eigenvalue weighted by Gasteiger charge is 2.31. The zero-order valence-electron chi connectivity index (χ0n) is 8.04. The smallest absolute Gasteiger partial charge is 0.324 e. The van der Waals surface area contributed by atoms with E-state index in [0.717, 1.165) is 12.1 Å². The number of nitrogens with one attached hydrogen (secondary N) is 1. The zero-order valence-corrected chi connectivity index (χ0v) is 10.4. The molecule has 1 N–H and O–H groups in total. The van der Waals surface area contributed by atoms with Crippen LogP contribution < -0.4 is 5.32 Å². The Labute approximate surface area is 107 Å². The maximum Gasteiger partial charge on any atom is 0.397 e. The van der Waals surface area contributed by atoms with E-state index in [1.165, 1.54) is 0 Å². The summed E-state index contributed by atoms with van der Waals surface area (Å²) in [6, 6.07) is 1.87. The van der Waals surface area contributed by atoms with Gasteiger partial charge < -0.3 is 5.32 Å². The normalized spacial score (nSPS) is 11.4. The van der Waals surface area contributed by atoms with Gasteiger partial charge in [0.15, 0.2) is 0 Å². The highest BCUT2D eigenvalue weighted by Crippen LogP contribution is 2.32. The maximum absolute atomic E-state index is 12.8. The van der Waals surface area contributed by atoms with Gasteiger partial charge in [-0.05, 0) is 28.1 Å². The fourth-order valence-electron chi connectivity index (χ4n) is 1.03. The molecule has 0 radical (unpaired) electrons. The van der Waals surface area contributed by atoms with Crippen LogP contribution in [-0.4, -0.2) is 12.1 Å². The van der Waals surface area contributed by atoms with Crippen LogP contribution in [0.25, 0.3) is 0 Å². The van der Waals surface area contributed by atoms with Crippen LogP contribution in [0.2, 0.25) is 5.02 Å². The summed E-state index contributed by atoms with van der Waals surface area (Å²) in [4.78, 5) is 11.0. The highest BCUT2D eigenvalue weighted by atomic mass is 79.9. The van der Waals surface area contributed by atoms with Gasteiger partial charge >= 0.3 is 6.18 Å². The van der Waals surface area contributed by atoms with Crippen molar-refractivity contribution in [3.63, 3.8) is 0 Å². The maximum atomic E-state index is 12.8. The lowest BCUT2D eigenvalue weighted by Crippen LogP contribution is -2.21. The third-order valence-electron chi connectivity index (χ3n) is 1.63. The molecule has 2 nitrogen and oxygen atoms in total. The Morgan fingerprint density at radius 3 is 2.47 bits per heavy atom. The second-order valence-corrected chi connectivity index (χ2v) is 4.35. The van der Waals surface area contributed by atoms with Crippen molar-refractivity contribution >= 4 is 39.1 Å². The average molecular weight is 334 g/mol. The van der Waals surface area contributed by atoms with E-state index in [1.807, 2.05) is 5.32 Å². The standard InChI is InChI=1S/C9H5BrClF4NO/c10-5-1-4(12)2-6(11)8(5)16-7(17)3-9(13,14)15/h1-2H,3H2,(H,16,17). The van der Waals surface area contributed by atoms with E-state index in [-0.39, 0.29) is 15.2 Å². The molecule has 17 heavy (non-hydrogen) atoms. The first kappa shape index (κ1) is 14.2. The second-order valence-electron chi connectivity index (χ2n) is 3.08. The predicted molar refractivity (Wildman–Crippen MR) is 58.4 cm³/mol. The first-order valence-electron chi connectivity index (χ1n) is 4.20. The molecule has 0 aliphatic rings. The number of alkyl halides is 3. The topological polar surface area (TPSA) is 29.1 Å². The fraction of sp³-hybridized carbons (Fsp3) is 0.222. The summed E-state index contributed by atoms with van der Waals surface area (Å²) in [7, 11) is 0. The molecule has 0 heterocycles. The van der Waals surface area contributed by atoms with E-state index in [2.05, 4.69) is 15.9 Å². The quantitative estimate of drug-likeness (QED) is 0.810. The third-order valence-corrected chi connectivity index (χ3v) is 2.56. The molecule has 0 spiro atoms. The first-order chi connectivity index (χ1) is 7.69. The minimum Gasteiger partial charge on any atom is -0.324 e. The minimum atomic E-state index is -4.61. The SMILES string of the molecule is O=C(CC(F)(F)F)Nc1c(Cl)cc(F)cc1Br. The van der Waals surface area contributed by atoms with Crippen molar-refractivity contribution in [2.24, 2.45) is 0 Å². The van der Waals surface area contributed by atoms with Gasteiger partial charge in [-0.15, -0.1) is 0 Å². The molecule has 0 aliphatic carbocycles. The molecule has 0 atom stereocenters. The van der Waals surface area contributed by atoms with E-state index in [0.29, 0.717) is 0 Å². The van der Waals surface area contributed by atoms with E-state index < -0.39 is 24.3 Å². The number of halogens is 6. The lowest BCUT2D eigenvalue weighted by molar-refractivity contribution is -0.150. The molecule has 0 aromatic heterocycles. The van der Waals surface area contributed by atoms with E-state index in [9.17, 15) is 22.4 Å². The van der Waals surface area contributed by atoms with Gasteiger partial charge in [0, 0.05) is 4.47 Å². The summed E-state index contributed by atoms with van der Waals surface area (Å²) < 4.78 is 48.6. The number of carbonyl (C=O) groups is 1. The van der Waals surface area contributed by atoms with Crippen molar-refractivity contribution in [1.29, 1.82) is 0 Å². The Morgan fingerprint density at radius 2 is 2.00 bits per heavy atom. The Bertz CT molecular complexity index is 426. The van der Waals surface area contributed by atoms with Crippen LogP contribution in [-0.2, 0) is 4.79 Å². The summed E-state index contributed by atoms with van der Waals surface area (Å²) in [5.74, 6) is -1.94. The van der Waals surface area contributed by atoms with E-state index >= 15 is 0 Å². The molecule has 0 bridgehead atoms. The fourth-order valence-corrected chi connectivity index (χ4v) is 1.93. The average Bonchev–Trinajstić information content (AvgIpc) is 2.08. The van der Waals surface area contributed by atoms with Gasteiger partial charge in [0.25, 0.3) is 0 Å². The Kier molecular flexibility index (Phi) is 4.37. The summed E-state index contributed by atoms with van der Waals surface area (Å²) in [6.45, 7) is 0. The number of hydrogen-bond acceptors (Lipinski definition) is 1. The number of hydrogen-bond donors (Lipinski definition) is 1. The molecular formula is C9H5BrClF4NO. The lowest BCUT2D eigenvalue weighted by Gasteiger charge is -2.11. The number of benzene rings is 1. The molecule has 0 saturated carbocycles. The van der Waals surface area contributed by atoms with Crippen LogP contribution in [0, 0.1) is 5.82 Å². The van der Waals surface area contributed by atoms with Crippen LogP contribution >= 0.6 is 27.5 Å². The van der Waals surface area contributed by atoms with Crippen molar-refractivity contribution in [2.45, 2.75) is 12.6 Å². The molecule has 1 amide bonds. The molecule has 1 aromatic carbocycles. The molecule has 1 aromatic rings. The van der Waals surface area contributed by atoms with Crippen LogP contribution in [0.3, 0.4) is 0 Å². The van der Waals surface area contributed by atoms with Gasteiger partial charge in [-0.25, -0.2) is 4.39 Å². The number of carbonyl (C=O) groups excluding carboxylic acids is 1. The molecule has 0 aliphatic heterocycles. The van der Waals surface area contributed by atoms with Crippen LogP contribution in [0.15, 0.2) is 16.6 Å². The van der Waals surface area contributed by atoms with E-state index in [1.54, 1.807) is 0 Å². The molecule has 0 saturated heterocycles. The summed E-state index contributed by atoms with van der Waals surface area (Å²) in [5.41, 5.74) is -0.0951. The first-order valence-corrected chi connectivity index (χ1v) is 5.37. The predicted octanol–water partition coefficient (Wildman–Crippen LogP) is 4.13. The van der Waals surface area contributed by atoms with Crippen molar-refractivity contribution < 1.29 is 22.4 Å². The summed E-state index contributed by atoms with van der Waals surface area (Å²) in [6.07, 6.45) is -6.24. The Hall–Kier alpha value is -0.820. The molecular weight excluding hydrogens is 329 g/mol. The number of amides is 1. The number of rotatable bonds is 2. The Morgan fingerprint density at radius 1 is 1.41 bits per heavy atom. The van der Waals surface area contributed by atoms with Gasteiger partial charge in [-0.2, -0.15) is 13.2 Å². The zero-order chi connectivity index (χ0) is 13.2. The van der Waals surface area contributed by atoms with Crippen molar-refractivity contribution in [2.75, 3.05) is 5.32 Å². The summed E-state index contributed by atoms with van der Waals surface area (Å²) in [5, 5.41) is 1.77. The van der Waals surface area contributed by atoms with Crippen LogP contribution in [0.1, 0.15) is 6.42 Å². The van der Waals surface area contributed by atoms with Gasteiger partial charge in [-0.1, -0.05) is 11.6 Å². The minimum absolute atomic E-state index is 0.0676. The largest absolute Gasteiger partial charge is 0.397 e. The van der Waals surface area contributed by atoms with Gasteiger partial charge in [-0.3, -0.25) is 4.79 Å². The van der Waals surface area contributed by atoms with Crippen molar-refractivity contribution in [3.05, 3.63) is 27.4 Å². The van der Waals surface area contributed by atoms with Gasteiger partial charge in [0.2, 0.25) is 5.91 Å². The molecule has 0 fully saturated rings. The van der Waals surface area contributed by atoms with Gasteiger partial charge in [0.05, 0.1) is 10.7 Å². The molecule has 94 valence electrons. The summed E-state index contributed by atoms with van der Waals surface area (Å²) >= 11 is 8.47. The third kappa shape index (κ3) is 4.51. The molecule has 0 unspecified atom stereocenters.